The van der Waals surface area contributed by atoms with E-state index in [0.29, 0.717) is 12.2 Å². The summed E-state index contributed by atoms with van der Waals surface area (Å²) in [7, 11) is 0. The zero-order chi connectivity index (χ0) is 25.1. The van der Waals surface area contributed by atoms with E-state index in [1.165, 1.54) is 18.2 Å². The second-order valence-electron chi connectivity index (χ2n) is 8.72. The van der Waals surface area contributed by atoms with E-state index < -0.39 is 40.2 Å². The largest absolute Gasteiger partial charge is 0.491 e. The fraction of sp³-hybridized carbons (Fsp3) is 0.357. The summed E-state index contributed by atoms with van der Waals surface area (Å²) in [5, 5.41) is 0. The van der Waals surface area contributed by atoms with Gasteiger partial charge in [0.1, 0.15) is 5.82 Å². The smallest absolute Gasteiger partial charge is 0.201 e. The fourth-order valence-corrected chi connectivity index (χ4v) is 4.61. The number of hydrogen-bond donors (Lipinski definition) is 0. The third kappa shape index (κ3) is 5.06. The van der Waals surface area contributed by atoms with Crippen LogP contribution in [-0.4, -0.2) is 19.3 Å². The molecule has 1 aliphatic rings. The summed E-state index contributed by atoms with van der Waals surface area (Å²) in [6, 6.07) is 8.96. The fourth-order valence-electron chi connectivity index (χ4n) is 4.61. The predicted octanol–water partition coefficient (Wildman–Crippen LogP) is 8.18. The molecule has 0 N–H and O–H groups in total. The lowest BCUT2D eigenvalue weighted by Gasteiger charge is -2.29. The summed E-state index contributed by atoms with van der Waals surface area (Å²) in [6.07, 6.45) is 3.84. The first-order chi connectivity index (χ1) is 16.8. The molecule has 2 unspecified atom stereocenters. The van der Waals surface area contributed by atoms with Gasteiger partial charge in [0.25, 0.3) is 0 Å². The highest BCUT2D eigenvalue weighted by atomic mass is 19.2. The summed E-state index contributed by atoms with van der Waals surface area (Å²) < 4.78 is 84.6. The minimum absolute atomic E-state index is 0.0985. The van der Waals surface area contributed by atoms with E-state index in [4.69, 9.17) is 9.47 Å². The molecular weight excluding hydrogens is 463 g/mol. The first kappa shape index (κ1) is 25.2. The van der Waals surface area contributed by atoms with Gasteiger partial charge in [-0.15, -0.1) is 0 Å². The van der Waals surface area contributed by atoms with Crippen molar-refractivity contribution in [2.75, 3.05) is 13.2 Å². The lowest BCUT2D eigenvalue weighted by atomic mass is 9.88. The zero-order valence-corrected chi connectivity index (χ0v) is 19.6. The molecule has 2 nitrogen and oxygen atoms in total. The Morgan fingerprint density at radius 2 is 1.46 bits per heavy atom. The first-order valence-electron chi connectivity index (χ1n) is 11.9. The first-order valence-corrected chi connectivity index (χ1v) is 11.9. The molecule has 186 valence electrons. The van der Waals surface area contributed by atoms with Crippen molar-refractivity contribution in [3.8, 4) is 28.0 Å². The minimum Gasteiger partial charge on any atom is -0.491 e. The van der Waals surface area contributed by atoms with Crippen LogP contribution in [0.1, 0.15) is 51.0 Å². The van der Waals surface area contributed by atoms with E-state index >= 15 is 4.39 Å². The van der Waals surface area contributed by atoms with Crippen molar-refractivity contribution in [1.82, 2.24) is 0 Å². The molecule has 3 aromatic carbocycles. The summed E-state index contributed by atoms with van der Waals surface area (Å²) in [5.74, 6) is -6.17. The Kier molecular flexibility index (Phi) is 7.75. The van der Waals surface area contributed by atoms with Gasteiger partial charge in [0.05, 0.1) is 19.3 Å². The van der Waals surface area contributed by atoms with E-state index in [2.05, 4.69) is 6.92 Å². The SMILES string of the molecule is CCCC1CCC(c2ccc(-c3ccc(-c4ccc(OCC)c(F)c4F)c(F)c3F)cc2F)CO1. The Balaban J connectivity index is 1.61. The average molecular weight is 491 g/mol. The quantitative estimate of drug-likeness (QED) is 0.311. The van der Waals surface area contributed by atoms with Crippen molar-refractivity contribution in [2.45, 2.75) is 51.6 Å². The second-order valence-corrected chi connectivity index (χ2v) is 8.72. The van der Waals surface area contributed by atoms with Gasteiger partial charge in [-0.3, -0.25) is 0 Å². The molecule has 0 spiro atoms. The van der Waals surface area contributed by atoms with Crippen molar-refractivity contribution in [3.63, 3.8) is 0 Å². The van der Waals surface area contributed by atoms with Gasteiger partial charge in [-0.25, -0.2) is 17.6 Å². The molecule has 0 aliphatic carbocycles. The molecular formula is C28H27F5O2. The van der Waals surface area contributed by atoms with Gasteiger partial charge in [-0.2, -0.15) is 4.39 Å². The van der Waals surface area contributed by atoms with Crippen LogP contribution in [0, 0.1) is 29.1 Å². The van der Waals surface area contributed by atoms with Crippen molar-refractivity contribution < 1.29 is 31.4 Å². The molecule has 1 heterocycles. The molecule has 35 heavy (non-hydrogen) atoms. The van der Waals surface area contributed by atoms with Gasteiger partial charge >= 0.3 is 0 Å². The molecule has 0 amide bonds. The monoisotopic (exact) mass is 490 g/mol. The second kappa shape index (κ2) is 10.8. The van der Waals surface area contributed by atoms with Crippen LogP contribution in [0.4, 0.5) is 22.0 Å². The maximum absolute atomic E-state index is 15.0. The normalized spacial score (nSPS) is 18.0. The highest BCUT2D eigenvalue weighted by Crippen LogP contribution is 2.37. The number of benzene rings is 3. The van der Waals surface area contributed by atoms with Gasteiger partial charge in [0, 0.05) is 22.6 Å². The molecule has 0 bridgehead atoms. The molecule has 2 atom stereocenters. The zero-order valence-electron chi connectivity index (χ0n) is 19.6. The number of hydrogen-bond acceptors (Lipinski definition) is 2. The summed E-state index contributed by atoms with van der Waals surface area (Å²) in [5.41, 5.74) is -0.425. The summed E-state index contributed by atoms with van der Waals surface area (Å²) in [4.78, 5) is 0. The Bertz CT molecular complexity index is 1200. The van der Waals surface area contributed by atoms with E-state index in [0.717, 1.165) is 43.9 Å². The van der Waals surface area contributed by atoms with E-state index in [1.807, 2.05) is 0 Å². The minimum atomic E-state index is -1.35. The maximum Gasteiger partial charge on any atom is 0.201 e. The highest BCUT2D eigenvalue weighted by Gasteiger charge is 2.26. The Labute approximate surface area is 201 Å². The molecule has 1 aliphatic heterocycles. The van der Waals surface area contributed by atoms with Gasteiger partial charge in [-0.05, 0) is 55.5 Å². The van der Waals surface area contributed by atoms with Crippen molar-refractivity contribution >= 4 is 0 Å². The van der Waals surface area contributed by atoms with Crippen molar-refractivity contribution in [2.24, 2.45) is 0 Å². The Morgan fingerprint density at radius 1 is 0.800 bits per heavy atom. The van der Waals surface area contributed by atoms with Crippen LogP contribution in [0.5, 0.6) is 5.75 Å². The molecule has 0 aromatic heterocycles. The topological polar surface area (TPSA) is 18.5 Å². The molecule has 1 saturated heterocycles. The molecule has 7 heteroatoms. The van der Waals surface area contributed by atoms with E-state index in [-0.39, 0.29) is 35.5 Å². The summed E-state index contributed by atoms with van der Waals surface area (Å²) in [6.45, 7) is 4.24. The standard InChI is InChI=1S/C28H27F5O2/c1-3-5-18-8-6-17(15-35-18)19-9-7-16(14-23(19)29)20-10-11-21(26(31)25(20)30)22-12-13-24(34-4-2)28(33)27(22)32/h7,9-14,17-18H,3-6,8,15H2,1-2H3. The Hall–Kier alpha value is -2.93. The number of rotatable bonds is 7. The van der Waals surface area contributed by atoms with Crippen molar-refractivity contribution in [3.05, 3.63) is 77.1 Å². The van der Waals surface area contributed by atoms with Crippen LogP contribution in [-0.2, 0) is 4.74 Å². The predicted molar refractivity (Wildman–Crippen MR) is 125 cm³/mol. The van der Waals surface area contributed by atoms with Crippen LogP contribution < -0.4 is 4.74 Å². The molecule has 0 saturated carbocycles. The third-order valence-corrected chi connectivity index (χ3v) is 6.45. The van der Waals surface area contributed by atoms with Gasteiger partial charge < -0.3 is 9.47 Å². The number of ether oxygens (including phenoxy) is 2. The molecule has 3 aromatic rings. The highest BCUT2D eigenvalue weighted by molar-refractivity contribution is 5.72. The van der Waals surface area contributed by atoms with Gasteiger partial charge in [0.15, 0.2) is 23.2 Å². The van der Waals surface area contributed by atoms with Gasteiger partial charge in [-0.1, -0.05) is 37.6 Å². The maximum atomic E-state index is 15.0. The van der Waals surface area contributed by atoms with E-state index in [9.17, 15) is 17.6 Å². The summed E-state index contributed by atoms with van der Waals surface area (Å²) >= 11 is 0. The van der Waals surface area contributed by atoms with Crippen LogP contribution in [0.3, 0.4) is 0 Å². The van der Waals surface area contributed by atoms with Crippen LogP contribution in [0.2, 0.25) is 0 Å². The lowest BCUT2D eigenvalue weighted by Crippen LogP contribution is -2.25. The number of halogens is 5. The van der Waals surface area contributed by atoms with Crippen LogP contribution in [0.25, 0.3) is 22.3 Å². The Morgan fingerprint density at radius 3 is 2.09 bits per heavy atom. The molecule has 1 fully saturated rings. The van der Waals surface area contributed by atoms with Gasteiger partial charge in [0.2, 0.25) is 5.82 Å². The van der Waals surface area contributed by atoms with Crippen LogP contribution in [0.15, 0.2) is 42.5 Å². The lowest BCUT2D eigenvalue weighted by molar-refractivity contribution is -0.00172. The average Bonchev–Trinajstić information content (AvgIpc) is 2.85. The van der Waals surface area contributed by atoms with E-state index in [1.54, 1.807) is 13.0 Å². The van der Waals surface area contributed by atoms with Crippen molar-refractivity contribution in [1.29, 1.82) is 0 Å². The third-order valence-electron chi connectivity index (χ3n) is 6.45. The molecule has 0 radical (unpaired) electrons. The van der Waals surface area contributed by atoms with Crippen LogP contribution >= 0.6 is 0 Å². The molecule has 4 rings (SSSR count).